The van der Waals surface area contributed by atoms with Gasteiger partial charge in [-0.1, -0.05) is 24.3 Å². The van der Waals surface area contributed by atoms with E-state index in [1.165, 1.54) is 41.0 Å². The van der Waals surface area contributed by atoms with E-state index >= 15 is 0 Å². The smallest absolute Gasteiger partial charge is 0.262 e. The second kappa shape index (κ2) is 8.40. The molecule has 3 nitrogen and oxygen atoms in total. The van der Waals surface area contributed by atoms with Crippen LogP contribution in [0.3, 0.4) is 0 Å². The summed E-state index contributed by atoms with van der Waals surface area (Å²) in [4.78, 5) is 12.3. The zero-order chi connectivity index (χ0) is 17.8. The molecule has 2 aliphatic rings. The molecule has 1 saturated heterocycles. The van der Waals surface area contributed by atoms with Crippen LogP contribution in [-0.4, -0.2) is 24.0 Å². The Balaban J connectivity index is 1.33. The van der Waals surface area contributed by atoms with Crippen LogP contribution in [0.5, 0.6) is 5.75 Å². The molecule has 2 aromatic carbocycles. The Labute approximate surface area is 163 Å². The molecule has 0 atom stereocenters. The van der Waals surface area contributed by atoms with Gasteiger partial charge in [0.25, 0.3) is 5.91 Å². The fraction of sp³-hybridized carbons (Fsp3) is 0.381. The minimum atomic E-state index is -0.102. The summed E-state index contributed by atoms with van der Waals surface area (Å²) in [6, 6.07) is 14.3. The van der Waals surface area contributed by atoms with Crippen molar-refractivity contribution in [3.05, 3.63) is 59.2 Å². The van der Waals surface area contributed by atoms with Gasteiger partial charge in [0.2, 0.25) is 0 Å². The lowest BCUT2D eigenvalue weighted by molar-refractivity contribution is -0.118. The van der Waals surface area contributed by atoms with Crippen molar-refractivity contribution in [1.82, 2.24) is 0 Å². The van der Waals surface area contributed by atoms with Gasteiger partial charge in [0.15, 0.2) is 6.61 Å². The van der Waals surface area contributed by atoms with E-state index in [1.807, 2.05) is 47.8 Å². The highest BCUT2D eigenvalue weighted by Gasteiger charge is 2.18. The molecule has 2 aromatic rings. The Morgan fingerprint density at radius 2 is 1.81 bits per heavy atom. The highest BCUT2D eigenvalue weighted by molar-refractivity contribution is 8.19. The van der Waals surface area contributed by atoms with Crippen LogP contribution < -0.4 is 10.1 Å². The summed E-state index contributed by atoms with van der Waals surface area (Å²) in [7, 11) is 0. The molecule has 1 N–H and O–H groups in total. The van der Waals surface area contributed by atoms with Crippen LogP contribution >= 0.6 is 23.5 Å². The molecular formula is C21H23NO2S2. The quantitative estimate of drug-likeness (QED) is 0.781. The Kier molecular flexibility index (Phi) is 5.75. The highest BCUT2D eigenvalue weighted by atomic mass is 32.2. The molecule has 0 unspecified atom stereocenters. The van der Waals surface area contributed by atoms with Gasteiger partial charge in [0.05, 0.1) is 4.58 Å². The number of aryl methyl sites for hydroxylation is 1. The Hall–Kier alpha value is -1.59. The number of nitrogens with one attached hydrogen (secondary N) is 1. The molecule has 136 valence electrons. The maximum absolute atomic E-state index is 12.3. The largest absolute Gasteiger partial charge is 0.484 e. The Bertz CT molecular complexity index is 770. The van der Waals surface area contributed by atoms with E-state index in [2.05, 4.69) is 23.5 Å². The molecule has 1 aliphatic carbocycles. The van der Waals surface area contributed by atoms with E-state index < -0.39 is 0 Å². The predicted molar refractivity (Wildman–Crippen MR) is 111 cm³/mol. The molecule has 5 heteroatoms. The first-order chi connectivity index (χ1) is 12.8. The lowest BCUT2D eigenvalue weighted by Crippen LogP contribution is -2.21. The number of carbonyl (C=O) groups is 1. The predicted octanol–water partition coefficient (Wildman–Crippen LogP) is 5.06. The molecule has 1 amide bonds. The molecule has 1 aliphatic heterocycles. The summed E-state index contributed by atoms with van der Waals surface area (Å²) in [5.41, 5.74) is 4.93. The van der Waals surface area contributed by atoms with Crippen molar-refractivity contribution in [2.75, 3.05) is 23.4 Å². The van der Waals surface area contributed by atoms with Crippen LogP contribution in [0.25, 0.3) is 0 Å². The third-order valence-electron chi connectivity index (χ3n) is 4.81. The number of benzene rings is 2. The molecule has 1 heterocycles. The molecule has 0 radical (unpaired) electrons. The van der Waals surface area contributed by atoms with E-state index in [-0.39, 0.29) is 12.5 Å². The van der Waals surface area contributed by atoms with Gasteiger partial charge in [-0.15, -0.1) is 23.5 Å². The number of anilines is 1. The van der Waals surface area contributed by atoms with Crippen molar-refractivity contribution in [3.8, 4) is 5.75 Å². The van der Waals surface area contributed by atoms with Crippen molar-refractivity contribution < 1.29 is 9.53 Å². The average molecular weight is 386 g/mol. The van der Waals surface area contributed by atoms with Gasteiger partial charge >= 0.3 is 0 Å². The van der Waals surface area contributed by atoms with E-state index in [1.54, 1.807) is 0 Å². The van der Waals surface area contributed by atoms with Crippen molar-refractivity contribution in [1.29, 1.82) is 0 Å². The van der Waals surface area contributed by atoms with Gasteiger partial charge in [-0.3, -0.25) is 4.79 Å². The van der Waals surface area contributed by atoms with Crippen molar-refractivity contribution in [2.24, 2.45) is 0 Å². The third kappa shape index (κ3) is 4.21. The zero-order valence-electron chi connectivity index (χ0n) is 14.7. The number of hydrogen-bond acceptors (Lipinski definition) is 4. The fourth-order valence-corrected chi connectivity index (χ4v) is 6.37. The van der Waals surface area contributed by atoms with Gasteiger partial charge in [-0.2, -0.15) is 0 Å². The number of fused-ring (bicyclic) bond motifs is 1. The monoisotopic (exact) mass is 385 g/mol. The molecule has 26 heavy (non-hydrogen) atoms. The summed E-state index contributed by atoms with van der Waals surface area (Å²) in [5.74, 6) is 3.08. The third-order valence-corrected chi connectivity index (χ3v) is 7.92. The standard InChI is InChI=1S/C21H23NO2S2/c23-20(22-19-7-3-5-15-4-1-2-6-18(15)19)14-24-17-10-8-16(9-11-17)21-25-12-13-26-21/h3,5,7-11,21H,1-2,4,6,12-14H2,(H,22,23). The van der Waals surface area contributed by atoms with E-state index in [0.29, 0.717) is 4.58 Å². The number of ether oxygens (including phenoxy) is 1. The molecule has 1 fully saturated rings. The van der Waals surface area contributed by atoms with Crippen molar-refractivity contribution in [3.63, 3.8) is 0 Å². The molecule has 0 saturated carbocycles. The van der Waals surface area contributed by atoms with Gasteiger partial charge in [-0.25, -0.2) is 0 Å². The first-order valence-electron chi connectivity index (χ1n) is 9.16. The van der Waals surface area contributed by atoms with Crippen LogP contribution in [-0.2, 0) is 17.6 Å². The van der Waals surface area contributed by atoms with Gasteiger partial charge < -0.3 is 10.1 Å². The average Bonchev–Trinajstić information content (AvgIpc) is 3.22. The molecule has 4 rings (SSSR count). The summed E-state index contributed by atoms with van der Waals surface area (Å²) < 4.78 is 6.21. The SMILES string of the molecule is O=C(COc1ccc(C2SCCS2)cc1)Nc1cccc2c1CCCC2. The minimum Gasteiger partial charge on any atom is -0.484 e. The lowest BCUT2D eigenvalue weighted by atomic mass is 9.90. The maximum Gasteiger partial charge on any atom is 0.262 e. The maximum atomic E-state index is 12.3. The summed E-state index contributed by atoms with van der Waals surface area (Å²) in [6.07, 6.45) is 4.59. The molecule has 0 bridgehead atoms. The number of carbonyl (C=O) groups excluding carboxylic acids is 1. The second-order valence-electron chi connectivity index (χ2n) is 6.63. The number of thioether (sulfide) groups is 2. The van der Waals surface area contributed by atoms with Crippen LogP contribution in [0.4, 0.5) is 5.69 Å². The minimum absolute atomic E-state index is 0.0376. The second-order valence-corrected chi connectivity index (χ2v) is 9.35. The van der Waals surface area contributed by atoms with Crippen LogP contribution in [0.15, 0.2) is 42.5 Å². The van der Waals surface area contributed by atoms with Crippen molar-refractivity contribution >= 4 is 35.1 Å². The van der Waals surface area contributed by atoms with E-state index in [0.717, 1.165) is 24.3 Å². The fourth-order valence-electron chi connectivity index (χ4n) is 3.51. The normalized spacial score (nSPS) is 16.9. The Morgan fingerprint density at radius 1 is 1.04 bits per heavy atom. The number of rotatable bonds is 5. The van der Waals surface area contributed by atoms with Gasteiger partial charge in [-0.05, 0) is 60.6 Å². The summed E-state index contributed by atoms with van der Waals surface area (Å²) in [5, 5.41) is 3.03. The van der Waals surface area contributed by atoms with Gasteiger partial charge in [0, 0.05) is 17.2 Å². The highest BCUT2D eigenvalue weighted by Crippen LogP contribution is 2.45. The zero-order valence-corrected chi connectivity index (χ0v) is 16.3. The van der Waals surface area contributed by atoms with Gasteiger partial charge in [0.1, 0.15) is 5.75 Å². The lowest BCUT2D eigenvalue weighted by Gasteiger charge is -2.19. The van der Waals surface area contributed by atoms with E-state index in [4.69, 9.17) is 4.74 Å². The van der Waals surface area contributed by atoms with Crippen LogP contribution in [0, 0.1) is 0 Å². The van der Waals surface area contributed by atoms with Crippen molar-refractivity contribution in [2.45, 2.75) is 30.3 Å². The number of amides is 1. The summed E-state index contributed by atoms with van der Waals surface area (Å²) >= 11 is 3.98. The van der Waals surface area contributed by atoms with Crippen LogP contribution in [0.2, 0.25) is 0 Å². The number of hydrogen-bond donors (Lipinski definition) is 1. The molecule has 0 spiro atoms. The molecular weight excluding hydrogens is 362 g/mol. The molecule has 0 aromatic heterocycles. The van der Waals surface area contributed by atoms with E-state index in [9.17, 15) is 4.79 Å². The first kappa shape index (κ1) is 17.8. The summed E-state index contributed by atoms with van der Waals surface area (Å²) in [6.45, 7) is 0.0376. The first-order valence-corrected chi connectivity index (χ1v) is 11.3. The Morgan fingerprint density at radius 3 is 2.62 bits per heavy atom. The topological polar surface area (TPSA) is 38.3 Å². The van der Waals surface area contributed by atoms with Crippen LogP contribution in [0.1, 0.15) is 34.1 Å².